The highest BCUT2D eigenvalue weighted by Crippen LogP contribution is 2.08. The number of rotatable bonds is 4. The summed E-state index contributed by atoms with van der Waals surface area (Å²) < 4.78 is 4.23. The van der Waals surface area contributed by atoms with Crippen LogP contribution in [0.4, 0.5) is 5.82 Å². The molecule has 1 aromatic rings. The van der Waals surface area contributed by atoms with Crippen molar-refractivity contribution >= 4 is 17.7 Å². The minimum atomic E-state index is -1.20. The molecule has 0 saturated heterocycles. The lowest BCUT2D eigenvalue weighted by atomic mass is 10.3. The van der Waals surface area contributed by atoms with Gasteiger partial charge in [0.2, 0.25) is 11.5 Å². The molecular formula is C8H8N4O4. The van der Waals surface area contributed by atoms with Gasteiger partial charge < -0.3 is 15.7 Å². The molecule has 3 N–H and O–H groups in total. The number of hydrogen-bond donors (Lipinski definition) is 2. The van der Waals surface area contributed by atoms with Gasteiger partial charge in [-0.2, -0.15) is 0 Å². The van der Waals surface area contributed by atoms with E-state index in [9.17, 15) is 9.59 Å². The number of carboxylic acids is 1. The molecule has 8 heteroatoms. The van der Waals surface area contributed by atoms with Gasteiger partial charge in [-0.15, -0.1) is 6.42 Å². The van der Waals surface area contributed by atoms with Gasteiger partial charge in [0.05, 0.1) is 6.54 Å². The van der Waals surface area contributed by atoms with Crippen LogP contribution in [0.2, 0.25) is 0 Å². The third kappa shape index (κ3) is 2.48. The molecule has 1 aromatic heterocycles. The Kier molecular flexibility index (Phi) is 3.45. The van der Waals surface area contributed by atoms with Gasteiger partial charge in [-0.1, -0.05) is 5.92 Å². The second-order valence-electron chi connectivity index (χ2n) is 2.76. The highest BCUT2D eigenvalue weighted by Gasteiger charge is 2.23. The van der Waals surface area contributed by atoms with Crippen molar-refractivity contribution in [1.29, 1.82) is 0 Å². The van der Waals surface area contributed by atoms with E-state index in [1.54, 1.807) is 0 Å². The van der Waals surface area contributed by atoms with Crippen LogP contribution >= 0.6 is 0 Å². The molecule has 0 aliphatic carbocycles. The molecule has 0 unspecified atom stereocenters. The Bertz CT molecular complexity index is 447. The molecule has 0 aliphatic rings. The zero-order chi connectivity index (χ0) is 12.1. The van der Waals surface area contributed by atoms with Crippen molar-refractivity contribution in [2.45, 2.75) is 0 Å². The number of carbonyl (C=O) groups excluding carboxylic acids is 1. The average Bonchev–Trinajstić information content (AvgIpc) is 2.62. The van der Waals surface area contributed by atoms with Gasteiger partial charge in [0, 0.05) is 0 Å². The Morgan fingerprint density at radius 2 is 2.25 bits per heavy atom. The Morgan fingerprint density at radius 3 is 2.69 bits per heavy atom. The van der Waals surface area contributed by atoms with E-state index in [-0.39, 0.29) is 18.1 Å². The lowest BCUT2D eigenvalue weighted by Gasteiger charge is -2.15. The van der Waals surface area contributed by atoms with Crippen molar-refractivity contribution in [3.8, 4) is 12.3 Å². The molecule has 0 spiro atoms. The molecular weight excluding hydrogens is 216 g/mol. The van der Waals surface area contributed by atoms with Gasteiger partial charge >= 0.3 is 5.97 Å². The molecule has 0 aromatic carbocycles. The van der Waals surface area contributed by atoms with Gasteiger partial charge in [0.15, 0.2) is 0 Å². The summed E-state index contributed by atoms with van der Waals surface area (Å²) in [4.78, 5) is 23.1. The molecule has 0 radical (unpaired) electrons. The number of anilines is 1. The Labute approximate surface area is 90.0 Å². The number of nitrogens with zero attached hydrogens (tertiary/aromatic N) is 3. The molecule has 0 aliphatic heterocycles. The van der Waals surface area contributed by atoms with Gasteiger partial charge in [0.1, 0.15) is 6.54 Å². The van der Waals surface area contributed by atoms with E-state index in [2.05, 4.69) is 20.9 Å². The minimum Gasteiger partial charge on any atom is -0.480 e. The number of hydrogen-bond acceptors (Lipinski definition) is 6. The smallest absolute Gasteiger partial charge is 0.323 e. The first-order valence-electron chi connectivity index (χ1n) is 4.08. The quantitative estimate of drug-likeness (QED) is 0.616. The third-order valence-corrected chi connectivity index (χ3v) is 1.61. The predicted molar refractivity (Wildman–Crippen MR) is 51.1 cm³/mol. The molecule has 0 saturated carbocycles. The van der Waals surface area contributed by atoms with E-state index in [1.165, 1.54) is 0 Å². The van der Waals surface area contributed by atoms with Gasteiger partial charge in [0.25, 0.3) is 5.91 Å². The molecule has 8 nitrogen and oxygen atoms in total. The fourth-order valence-corrected chi connectivity index (χ4v) is 0.967. The van der Waals surface area contributed by atoms with E-state index in [0.29, 0.717) is 0 Å². The Morgan fingerprint density at radius 1 is 1.56 bits per heavy atom. The monoisotopic (exact) mass is 224 g/mol. The summed E-state index contributed by atoms with van der Waals surface area (Å²) in [5.74, 6) is 0.0142. The molecule has 1 heterocycles. The maximum absolute atomic E-state index is 11.7. The van der Waals surface area contributed by atoms with Crippen LogP contribution in [0.15, 0.2) is 4.63 Å². The number of carbonyl (C=O) groups is 2. The first-order valence-corrected chi connectivity index (χ1v) is 4.08. The van der Waals surface area contributed by atoms with Crippen LogP contribution in [-0.2, 0) is 4.79 Å². The summed E-state index contributed by atoms with van der Waals surface area (Å²) in [6.45, 7) is -0.716. The largest absolute Gasteiger partial charge is 0.480 e. The second kappa shape index (κ2) is 4.79. The molecule has 0 bridgehead atoms. The standard InChI is InChI=1S/C8H8N4O4/c1-2-3-12(4-5(13)14)8(15)6-7(9)11-16-10-6/h1H,3-4H2,(H2,9,11)(H,13,14). The zero-order valence-electron chi connectivity index (χ0n) is 8.08. The zero-order valence-corrected chi connectivity index (χ0v) is 8.08. The van der Waals surface area contributed by atoms with Gasteiger partial charge in [-0.05, 0) is 10.3 Å². The first kappa shape index (κ1) is 11.5. The van der Waals surface area contributed by atoms with E-state index >= 15 is 0 Å². The van der Waals surface area contributed by atoms with Crippen LogP contribution in [0, 0.1) is 12.3 Å². The number of aromatic nitrogens is 2. The minimum absolute atomic E-state index is 0.169. The van der Waals surface area contributed by atoms with Crippen LogP contribution in [0.3, 0.4) is 0 Å². The van der Waals surface area contributed by atoms with E-state index < -0.39 is 18.4 Å². The number of carboxylic acid groups (broad SMARTS) is 1. The predicted octanol–water partition coefficient (Wildman–Crippen LogP) is -1.19. The third-order valence-electron chi connectivity index (χ3n) is 1.61. The van der Waals surface area contributed by atoms with Crippen molar-refractivity contribution in [3.05, 3.63) is 5.69 Å². The second-order valence-corrected chi connectivity index (χ2v) is 2.76. The summed E-state index contributed by atoms with van der Waals surface area (Å²) in [7, 11) is 0. The molecule has 84 valence electrons. The van der Waals surface area contributed by atoms with E-state index in [4.69, 9.17) is 17.3 Å². The molecule has 16 heavy (non-hydrogen) atoms. The van der Waals surface area contributed by atoms with Gasteiger partial charge in [-0.25, -0.2) is 4.63 Å². The van der Waals surface area contributed by atoms with Crippen molar-refractivity contribution in [3.63, 3.8) is 0 Å². The first-order chi connectivity index (χ1) is 7.56. The van der Waals surface area contributed by atoms with Crippen molar-refractivity contribution < 1.29 is 19.3 Å². The topological polar surface area (TPSA) is 123 Å². The number of terminal acetylenes is 1. The van der Waals surface area contributed by atoms with Crippen LogP contribution < -0.4 is 5.73 Å². The summed E-state index contributed by atoms with van der Waals surface area (Å²) in [5.41, 5.74) is 5.04. The molecule has 1 rings (SSSR count). The normalized spacial score (nSPS) is 9.44. The summed E-state index contributed by atoms with van der Waals surface area (Å²) >= 11 is 0. The van der Waals surface area contributed by atoms with Crippen LogP contribution in [-0.4, -0.2) is 45.3 Å². The molecule has 0 fully saturated rings. The number of amides is 1. The Balaban J connectivity index is 2.88. The van der Waals surface area contributed by atoms with Crippen molar-refractivity contribution in [2.24, 2.45) is 0 Å². The number of aliphatic carboxylic acids is 1. The van der Waals surface area contributed by atoms with Crippen molar-refractivity contribution in [1.82, 2.24) is 15.2 Å². The van der Waals surface area contributed by atoms with Crippen molar-refractivity contribution in [2.75, 3.05) is 18.8 Å². The lowest BCUT2D eigenvalue weighted by molar-refractivity contribution is -0.137. The maximum atomic E-state index is 11.7. The summed E-state index contributed by atoms with van der Waals surface area (Å²) in [5, 5.41) is 15.0. The fraction of sp³-hybridized carbons (Fsp3) is 0.250. The number of nitrogens with two attached hydrogens (primary N) is 1. The maximum Gasteiger partial charge on any atom is 0.323 e. The van der Waals surface area contributed by atoms with E-state index in [1.807, 2.05) is 0 Å². The highest BCUT2D eigenvalue weighted by atomic mass is 16.6. The van der Waals surface area contributed by atoms with Crippen LogP contribution in [0.25, 0.3) is 0 Å². The average molecular weight is 224 g/mol. The lowest BCUT2D eigenvalue weighted by Crippen LogP contribution is -2.36. The van der Waals surface area contributed by atoms with Crippen LogP contribution in [0.1, 0.15) is 10.5 Å². The Hall–Kier alpha value is -2.56. The summed E-state index contributed by atoms with van der Waals surface area (Å²) in [6, 6.07) is 0. The summed E-state index contributed by atoms with van der Waals surface area (Å²) in [6.07, 6.45) is 5.01. The van der Waals surface area contributed by atoms with Gasteiger partial charge in [-0.3, -0.25) is 9.59 Å². The van der Waals surface area contributed by atoms with E-state index in [0.717, 1.165) is 4.90 Å². The SMILES string of the molecule is C#CCN(CC(=O)O)C(=O)c1nonc1N. The molecule has 1 amide bonds. The molecule has 0 atom stereocenters. The fourth-order valence-electron chi connectivity index (χ4n) is 0.967. The number of nitrogen functional groups attached to an aromatic ring is 1. The van der Waals surface area contributed by atoms with Crippen LogP contribution in [0.5, 0.6) is 0 Å². The highest BCUT2D eigenvalue weighted by molar-refractivity contribution is 5.97.